The van der Waals surface area contributed by atoms with Crippen LogP contribution in [0.5, 0.6) is 5.75 Å². The van der Waals surface area contributed by atoms with E-state index in [-0.39, 0.29) is 0 Å². The maximum Gasteiger partial charge on any atom is 0.120 e. The fraction of sp³-hybridized carbons (Fsp3) is 0.700. The second kappa shape index (κ2) is 13.6. The molecular weight excluding hydrogens is 318 g/mol. The molecule has 0 bridgehead atoms. The maximum absolute atomic E-state index is 10.0. The Bertz CT molecular complexity index is 426. The molecule has 1 rings (SSSR count). The number of nitrogens with one attached hydrogen (secondary N) is 1. The van der Waals surface area contributed by atoms with Crippen LogP contribution in [-0.2, 0) is 0 Å². The minimum absolute atomic E-state index is 0.333. The second-order valence-corrected chi connectivity index (χ2v) is 8.23. The van der Waals surface area contributed by atoms with Crippen LogP contribution >= 0.6 is 11.8 Å². The summed E-state index contributed by atoms with van der Waals surface area (Å²) in [6.07, 6.45) is 7.31. The third kappa shape index (κ3) is 11.0. The Morgan fingerprint density at radius 1 is 1.12 bits per heavy atom. The van der Waals surface area contributed by atoms with Crippen molar-refractivity contribution in [2.75, 3.05) is 19.7 Å². The van der Waals surface area contributed by atoms with Gasteiger partial charge < -0.3 is 15.2 Å². The van der Waals surface area contributed by atoms with E-state index in [1.807, 2.05) is 30.0 Å². The van der Waals surface area contributed by atoms with Crippen LogP contribution in [0.4, 0.5) is 0 Å². The van der Waals surface area contributed by atoms with Gasteiger partial charge in [0.05, 0.1) is 0 Å². The first kappa shape index (κ1) is 21.3. The average molecular weight is 354 g/mol. The summed E-state index contributed by atoms with van der Waals surface area (Å²) < 4.78 is 5.71. The molecular formula is C20H35NO2S. The van der Waals surface area contributed by atoms with Crippen LogP contribution in [0, 0.1) is 0 Å². The Morgan fingerprint density at radius 3 is 2.62 bits per heavy atom. The van der Waals surface area contributed by atoms with Crippen LogP contribution in [0.2, 0.25) is 0 Å². The molecule has 4 heteroatoms. The number of aliphatic hydroxyl groups is 1. The Kier molecular flexibility index (Phi) is 12.1. The van der Waals surface area contributed by atoms with Gasteiger partial charge in [0, 0.05) is 16.7 Å². The van der Waals surface area contributed by atoms with Crippen LogP contribution in [0.3, 0.4) is 0 Å². The van der Waals surface area contributed by atoms with Gasteiger partial charge in [0.15, 0.2) is 0 Å². The molecule has 3 nitrogen and oxygen atoms in total. The van der Waals surface area contributed by atoms with E-state index >= 15 is 0 Å². The summed E-state index contributed by atoms with van der Waals surface area (Å²) >= 11 is 1.82. The van der Waals surface area contributed by atoms with E-state index < -0.39 is 6.10 Å². The fourth-order valence-corrected chi connectivity index (χ4v) is 3.35. The van der Waals surface area contributed by atoms with Gasteiger partial charge in [0.25, 0.3) is 0 Å². The summed E-state index contributed by atoms with van der Waals surface area (Å²) in [5.41, 5.74) is 0. The molecule has 138 valence electrons. The first-order valence-electron chi connectivity index (χ1n) is 9.40. The Morgan fingerprint density at radius 2 is 1.88 bits per heavy atom. The number of thioether (sulfide) groups is 1. The Hall–Kier alpha value is -0.710. The van der Waals surface area contributed by atoms with Crippen molar-refractivity contribution in [1.82, 2.24) is 5.32 Å². The first-order chi connectivity index (χ1) is 11.6. The van der Waals surface area contributed by atoms with Crippen LogP contribution in [0.25, 0.3) is 0 Å². The summed E-state index contributed by atoms with van der Waals surface area (Å²) in [6.45, 7) is 8.50. The normalized spacial score (nSPS) is 12.5. The lowest BCUT2D eigenvalue weighted by atomic mass is 10.1. The van der Waals surface area contributed by atoms with Gasteiger partial charge in [0.1, 0.15) is 18.5 Å². The van der Waals surface area contributed by atoms with Crippen LogP contribution in [0.15, 0.2) is 29.2 Å². The zero-order chi connectivity index (χ0) is 17.6. The lowest BCUT2D eigenvalue weighted by Gasteiger charge is -2.14. The summed E-state index contributed by atoms with van der Waals surface area (Å²) in [7, 11) is 0. The van der Waals surface area contributed by atoms with Gasteiger partial charge >= 0.3 is 0 Å². The van der Waals surface area contributed by atoms with Crippen molar-refractivity contribution in [1.29, 1.82) is 0 Å². The molecule has 0 amide bonds. The molecule has 0 radical (unpaired) electrons. The van der Waals surface area contributed by atoms with Crippen molar-refractivity contribution in [3.63, 3.8) is 0 Å². The minimum Gasteiger partial charge on any atom is -0.491 e. The molecule has 0 aromatic heterocycles. The molecule has 0 heterocycles. The smallest absolute Gasteiger partial charge is 0.120 e. The zero-order valence-electron chi connectivity index (χ0n) is 15.6. The lowest BCUT2D eigenvalue weighted by Crippen LogP contribution is -2.32. The number of aliphatic hydroxyl groups excluding tert-OH is 1. The molecule has 1 aromatic carbocycles. The van der Waals surface area contributed by atoms with Crippen LogP contribution in [0.1, 0.15) is 59.3 Å². The Labute approximate surface area is 152 Å². The highest BCUT2D eigenvalue weighted by Gasteiger charge is 2.06. The highest BCUT2D eigenvalue weighted by molar-refractivity contribution is 7.99. The van der Waals surface area contributed by atoms with Crippen LogP contribution < -0.4 is 10.1 Å². The van der Waals surface area contributed by atoms with Crippen LogP contribution in [-0.4, -0.2) is 36.2 Å². The highest BCUT2D eigenvalue weighted by atomic mass is 32.2. The number of hydrogen-bond donors (Lipinski definition) is 2. The topological polar surface area (TPSA) is 41.5 Å². The predicted octanol–water partition coefficient (Wildman–Crippen LogP) is 4.88. The van der Waals surface area contributed by atoms with Crippen molar-refractivity contribution < 1.29 is 9.84 Å². The zero-order valence-corrected chi connectivity index (χ0v) is 16.4. The van der Waals surface area contributed by atoms with Gasteiger partial charge in [-0.1, -0.05) is 58.9 Å². The van der Waals surface area contributed by atoms with Crippen molar-refractivity contribution in [2.45, 2.75) is 75.5 Å². The van der Waals surface area contributed by atoms with Gasteiger partial charge in [-0.3, -0.25) is 0 Å². The van der Waals surface area contributed by atoms with Crippen molar-refractivity contribution in [2.24, 2.45) is 0 Å². The van der Waals surface area contributed by atoms with E-state index in [2.05, 4.69) is 32.2 Å². The van der Waals surface area contributed by atoms with Gasteiger partial charge in [-0.2, -0.15) is 0 Å². The molecule has 0 aliphatic carbocycles. The molecule has 0 aliphatic rings. The molecule has 2 N–H and O–H groups in total. The highest BCUT2D eigenvalue weighted by Crippen LogP contribution is 2.26. The Balaban J connectivity index is 2.10. The quantitative estimate of drug-likeness (QED) is 0.369. The van der Waals surface area contributed by atoms with Gasteiger partial charge in [-0.05, 0) is 31.2 Å². The third-order valence-electron chi connectivity index (χ3n) is 3.71. The first-order valence-corrected chi connectivity index (χ1v) is 10.3. The van der Waals surface area contributed by atoms with E-state index in [4.69, 9.17) is 4.74 Å². The molecule has 0 saturated heterocycles. The van der Waals surface area contributed by atoms with Crippen molar-refractivity contribution in [3.05, 3.63) is 24.3 Å². The predicted molar refractivity (Wildman–Crippen MR) is 105 cm³/mol. The fourth-order valence-electron chi connectivity index (χ4n) is 2.46. The third-order valence-corrected chi connectivity index (χ3v) is 4.70. The monoisotopic (exact) mass is 353 g/mol. The molecule has 0 fully saturated rings. The van der Waals surface area contributed by atoms with Crippen molar-refractivity contribution >= 4 is 11.8 Å². The molecule has 0 spiro atoms. The van der Waals surface area contributed by atoms with Crippen molar-refractivity contribution in [3.8, 4) is 5.75 Å². The lowest BCUT2D eigenvalue weighted by molar-refractivity contribution is 0.106. The van der Waals surface area contributed by atoms with E-state index in [1.165, 1.54) is 43.4 Å². The number of rotatable bonds is 14. The largest absolute Gasteiger partial charge is 0.491 e. The molecule has 0 aliphatic heterocycles. The summed E-state index contributed by atoms with van der Waals surface area (Å²) in [6, 6.07) is 8.08. The van der Waals surface area contributed by atoms with Gasteiger partial charge in [0.2, 0.25) is 0 Å². The molecule has 0 saturated carbocycles. The number of ether oxygens (including phenoxy) is 1. The second-order valence-electron chi connectivity index (χ2n) is 6.58. The number of benzene rings is 1. The average Bonchev–Trinajstić information content (AvgIpc) is 2.55. The van der Waals surface area contributed by atoms with E-state index in [1.54, 1.807) is 0 Å². The summed E-state index contributed by atoms with van der Waals surface area (Å²) in [4.78, 5) is 1.21. The molecule has 24 heavy (non-hydrogen) atoms. The number of unbranched alkanes of at least 4 members (excludes halogenated alkanes) is 5. The minimum atomic E-state index is -0.466. The van der Waals surface area contributed by atoms with Gasteiger partial charge in [-0.15, -0.1) is 11.8 Å². The summed E-state index contributed by atoms with van der Waals surface area (Å²) in [5, 5.41) is 13.9. The summed E-state index contributed by atoms with van der Waals surface area (Å²) in [5.74, 6) is 0.829. The molecule has 1 unspecified atom stereocenters. The standard InChI is InChI=1S/C20H35NO2S/c1-4-5-6-7-8-9-13-21-15-18(22)16-23-19-11-10-12-20(14-19)24-17(2)3/h10-12,14,17-18,21-22H,4-9,13,15-16H2,1-3H3. The number of hydrogen-bond acceptors (Lipinski definition) is 4. The van der Waals surface area contributed by atoms with E-state index in [0.29, 0.717) is 18.4 Å². The van der Waals surface area contributed by atoms with E-state index in [9.17, 15) is 5.11 Å². The molecule has 1 atom stereocenters. The molecule has 1 aromatic rings. The van der Waals surface area contributed by atoms with E-state index in [0.717, 1.165) is 12.3 Å². The maximum atomic E-state index is 10.0. The SMILES string of the molecule is CCCCCCCCNCC(O)COc1cccc(SC(C)C)c1. The van der Waals surface area contributed by atoms with Gasteiger partial charge in [-0.25, -0.2) is 0 Å².